The Morgan fingerprint density at radius 2 is 2.27 bits per heavy atom. The van der Waals surface area contributed by atoms with Gasteiger partial charge in [0.15, 0.2) is 0 Å². The van der Waals surface area contributed by atoms with E-state index in [2.05, 4.69) is 10.5 Å². The summed E-state index contributed by atoms with van der Waals surface area (Å²) in [6.07, 6.45) is 0. The van der Waals surface area contributed by atoms with Crippen LogP contribution in [0.15, 0.2) is 29.4 Å². The zero-order valence-corrected chi connectivity index (χ0v) is 8.19. The molecule has 0 aromatic heterocycles. The molecule has 0 aliphatic carbocycles. The Labute approximate surface area is 86.8 Å². The molecule has 5 N–H and O–H groups in total. The topological polar surface area (TPSA) is 99.7 Å². The molecule has 0 saturated carbocycles. The van der Waals surface area contributed by atoms with Crippen LogP contribution in [0, 0.1) is 0 Å². The number of aromatic hydroxyl groups is 1. The molecule has 0 fully saturated rings. The number of urea groups is 1. The molecule has 0 radical (unpaired) electrons. The van der Waals surface area contributed by atoms with Crippen molar-refractivity contribution < 1.29 is 9.90 Å². The van der Waals surface area contributed by atoms with Crippen molar-refractivity contribution in [3.05, 3.63) is 29.8 Å². The second kappa shape index (κ2) is 4.97. The van der Waals surface area contributed by atoms with Crippen molar-refractivity contribution in [1.82, 2.24) is 10.9 Å². The number of amides is 2. The van der Waals surface area contributed by atoms with E-state index in [-0.39, 0.29) is 5.75 Å². The maximum absolute atomic E-state index is 10.7. The first-order valence-electron chi connectivity index (χ1n) is 4.23. The van der Waals surface area contributed by atoms with Crippen LogP contribution in [0.4, 0.5) is 4.79 Å². The van der Waals surface area contributed by atoms with Gasteiger partial charge < -0.3 is 5.11 Å². The van der Waals surface area contributed by atoms with E-state index in [9.17, 15) is 9.90 Å². The Morgan fingerprint density at radius 1 is 1.53 bits per heavy atom. The van der Waals surface area contributed by atoms with E-state index in [1.54, 1.807) is 31.2 Å². The summed E-state index contributed by atoms with van der Waals surface area (Å²) < 4.78 is 0. The van der Waals surface area contributed by atoms with Gasteiger partial charge in [0.25, 0.3) is 0 Å². The second-order valence-corrected chi connectivity index (χ2v) is 2.83. The minimum atomic E-state index is -0.602. The van der Waals surface area contributed by atoms with Gasteiger partial charge in [-0.3, -0.25) is 5.43 Å². The fourth-order valence-corrected chi connectivity index (χ4v) is 0.962. The molecule has 0 saturated heterocycles. The zero-order chi connectivity index (χ0) is 11.3. The highest BCUT2D eigenvalue weighted by molar-refractivity contribution is 5.99. The Hall–Kier alpha value is -2.08. The first-order chi connectivity index (χ1) is 7.13. The predicted molar refractivity (Wildman–Crippen MR) is 56.2 cm³/mol. The third-order valence-electron chi connectivity index (χ3n) is 1.72. The van der Waals surface area contributed by atoms with E-state index in [1.165, 1.54) is 0 Å². The van der Waals surface area contributed by atoms with Crippen LogP contribution in [-0.2, 0) is 0 Å². The van der Waals surface area contributed by atoms with Crippen LogP contribution < -0.4 is 16.7 Å². The summed E-state index contributed by atoms with van der Waals surface area (Å²) in [4.78, 5) is 10.7. The third kappa shape index (κ3) is 3.28. The average molecular weight is 208 g/mol. The SMILES string of the molecule is C/C(=N\NC(=O)NN)c1cccc(O)c1. The van der Waals surface area contributed by atoms with Gasteiger partial charge in [-0.25, -0.2) is 16.1 Å². The van der Waals surface area contributed by atoms with Crippen LogP contribution >= 0.6 is 0 Å². The molecule has 80 valence electrons. The number of nitrogens with zero attached hydrogens (tertiary/aromatic N) is 1. The highest BCUT2D eigenvalue weighted by Gasteiger charge is 1.99. The monoisotopic (exact) mass is 208 g/mol. The molecule has 0 heterocycles. The number of carbonyl (C=O) groups is 1. The fraction of sp³-hybridized carbons (Fsp3) is 0.111. The highest BCUT2D eigenvalue weighted by Crippen LogP contribution is 2.11. The lowest BCUT2D eigenvalue weighted by Gasteiger charge is -2.02. The molecule has 1 aromatic carbocycles. The molecule has 0 unspecified atom stereocenters. The number of hydrogen-bond donors (Lipinski definition) is 4. The van der Waals surface area contributed by atoms with Crippen molar-refractivity contribution in [3.63, 3.8) is 0 Å². The van der Waals surface area contributed by atoms with Crippen molar-refractivity contribution in [3.8, 4) is 5.75 Å². The summed E-state index contributed by atoms with van der Waals surface area (Å²) >= 11 is 0. The smallest absolute Gasteiger partial charge is 0.349 e. The summed E-state index contributed by atoms with van der Waals surface area (Å²) in [5.41, 5.74) is 5.34. The van der Waals surface area contributed by atoms with Crippen LogP contribution in [0.5, 0.6) is 5.75 Å². The van der Waals surface area contributed by atoms with Crippen molar-refractivity contribution in [2.75, 3.05) is 0 Å². The first kappa shape index (κ1) is 11.0. The standard InChI is InChI=1S/C9H12N4O2/c1-6(12-13-9(15)11-10)7-3-2-4-8(14)5-7/h2-5,14H,10H2,1H3,(H2,11,13,15)/b12-6+. The van der Waals surface area contributed by atoms with Gasteiger partial charge in [-0.2, -0.15) is 5.10 Å². The van der Waals surface area contributed by atoms with Gasteiger partial charge in [-0.05, 0) is 19.1 Å². The third-order valence-corrected chi connectivity index (χ3v) is 1.72. The molecule has 1 rings (SSSR count). The van der Waals surface area contributed by atoms with E-state index >= 15 is 0 Å². The number of benzene rings is 1. The van der Waals surface area contributed by atoms with Crippen LogP contribution in [0.25, 0.3) is 0 Å². The molecular weight excluding hydrogens is 196 g/mol. The lowest BCUT2D eigenvalue weighted by atomic mass is 10.1. The van der Waals surface area contributed by atoms with Gasteiger partial charge in [0, 0.05) is 5.56 Å². The molecule has 2 amide bonds. The van der Waals surface area contributed by atoms with Crippen LogP contribution in [0.3, 0.4) is 0 Å². The van der Waals surface area contributed by atoms with Crippen LogP contribution in [0.1, 0.15) is 12.5 Å². The van der Waals surface area contributed by atoms with Gasteiger partial charge in [0.2, 0.25) is 0 Å². The second-order valence-electron chi connectivity index (χ2n) is 2.83. The molecule has 6 nitrogen and oxygen atoms in total. The number of rotatable bonds is 2. The van der Waals surface area contributed by atoms with Gasteiger partial charge >= 0.3 is 6.03 Å². The quantitative estimate of drug-likeness (QED) is 0.243. The Bertz CT molecular complexity index is 389. The van der Waals surface area contributed by atoms with E-state index < -0.39 is 6.03 Å². The molecule has 0 spiro atoms. The molecule has 0 aliphatic rings. The summed E-state index contributed by atoms with van der Waals surface area (Å²) in [6.45, 7) is 1.70. The molecule has 0 bridgehead atoms. The van der Waals surface area contributed by atoms with Crippen molar-refractivity contribution in [2.24, 2.45) is 10.9 Å². The summed E-state index contributed by atoms with van der Waals surface area (Å²) in [6, 6.07) is 5.94. The van der Waals surface area contributed by atoms with E-state index in [1.807, 2.05) is 5.43 Å². The number of hydrogen-bond acceptors (Lipinski definition) is 4. The Morgan fingerprint density at radius 3 is 2.87 bits per heavy atom. The van der Waals surface area contributed by atoms with Gasteiger partial charge in [-0.1, -0.05) is 12.1 Å². The van der Waals surface area contributed by atoms with Crippen LogP contribution in [-0.4, -0.2) is 16.8 Å². The van der Waals surface area contributed by atoms with Gasteiger partial charge in [0.05, 0.1) is 5.71 Å². The summed E-state index contributed by atoms with van der Waals surface area (Å²) in [5.74, 6) is 4.99. The van der Waals surface area contributed by atoms with Crippen molar-refractivity contribution in [1.29, 1.82) is 0 Å². The lowest BCUT2D eigenvalue weighted by Crippen LogP contribution is -2.37. The van der Waals surface area contributed by atoms with E-state index in [4.69, 9.17) is 5.84 Å². The Kier molecular flexibility index (Phi) is 3.64. The average Bonchev–Trinajstić information content (AvgIpc) is 2.25. The normalized spacial score (nSPS) is 10.9. The molecule has 0 aliphatic heterocycles. The maximum atomic E-state index is 10.7. The minimum Gasteiger partial charge on any atom is -0.508 e. The lowest BCUT2D eigenvalue weighted by molar-refractivity contribution is 0.241. The largest absolute Gasteiger partial charge is 0.508 e. The molecule has 15 heavy (non-hydrogen) atoms. The molecule has 6 heteroatoms. The summed E-state index contributed by atoms with van der Waals surface area (Å²) in [5, 5.41) is 13.0. The highest BCUT2D eigenvalue weighted by atomic mass is 16.3. The number of phenolic OH excluding ortho intramolecular Hbond substituents is 1. The molecule has 1 aromatic rings. The number of hydrazine groups is 1. The number of nitrogens with one attached hydrogen (secondary N) is 2. The Balaban J connectivity index is 2.75. The number of phenols is 1. The first-order valence-corrected chi connectivity index (χ1v) is 4.23. The van der Waals surface area contributed by atoms with Gasteiger partial charge in [-0.15, -0.1) is 0 Å². The number of hydrazone groups is 1. The number of nitrogens with two attached hydrogens (primary N) is 1. The van der Waals surface area contributed by atoms with Crippen molar-refractivity contribution in [2.45, 2.75) is 6.92 Å². The van der Waals surface area contributed by atoms with E-state index in [0.717, 1.165) is 0 Å². The summed E-state index contributed by atoms with van der Waals surface area (Å²) in [7, 11) is 0. The zero-order valence-electron chi connectivity index (χ0n) is 8.19. The minimum absolute atomic E-state index is 0.144. The maximum Gasteiger partial charge on any atom is 0.349 e. The molecule has 0 atom stereocenters. The van der Waals surface area contributed by atoms with Gasteiger partial charge in [0.1, 0.15) is 5.75 Å². The van der Waals surface area contributed by atoms with Crippen molar-refractivity contribution >= 4 is 11.7 Å². The fourth-order valence-electron chi connectivity index (χ4n) is 0.962. The predicted octanol–water partition coefficient (Wildman–Crippen LogP) is 0.289. The number of carbonyl (C=O) groups excluding carboxylic acids is 1. The molecular formula is C9H12N4O2. The van der Waals surface area contributed by atoms with Crippen LogP contribution in [0.2, 0.25) is 0 Å². The van der Waals surface area contributed by atoms with E-state index in [0.29, 0.717) is 11.3 Å².